The highest BCUT2D eigenvalue weighted by atomic mass is 32.2. The van der Waals surface area contributed by atoms with Crippen molar-refractivity contribution in [3.8, 4) is 0 Å². The molecule has 1 heterocycles. The van der Waals surface area contributed by atoms with Crippen molar-refractivity contribution in [1.82, 2.24) is 24.8 Å². The molecule has 0 aliphatic carbocycles. The molecule has 2 N–H and O–H groups in total. The molecule has 0 amide bonds. The van der Waals surface area contributed by atoms with E-state index in [2.05, 4.69) is 20.2 Å². The van der Waals surface area contributed by atoms with Crippen molar-refractivity contribution >= 4 is 10.0 Å². The van der Waals surface area contributed by atoms with E-state index in [4.69, 9.17) is 0 Å². The van der Waals surface area contributed by atoms with Crippen molar-refractivity contribution in [2.45, 2.75) is 18.0 Å². The van der Waals surface area contributed by atoms with Gasteiger partial charge in [0.15, 0.2) is 0 Å². The van der Waals surface area contributed by atoms with Crippen molar-refractivity contribution in [3.63, 3.8) is 0 Å². The summed E-state index contributed by atoms with van der Waals surface area (Å²) in [6, 6.07) is 4.02. The van der Waals surface area contributed by atoms with E-state index in [9.17, 15) is 12.8 Å². The summed E-state index contributed by atoms with van der Waals surface area (Å²) >= 11 is 0. The monoisotopic (exact) mass is 313 g/mol. The van der Waals surface area contributed by atoms with Crippen LogP contribution in [0.4, 0.5) is 4.39 Å². The Labute approximate surface area is 122 Å². The Kier molecular flexibility index (Phi) is 4.66. The lowest BCUT2D eigenvalue weighted by atomic mass is 10.2. The van der Waals surface area contributed by atoms with Gasteiger partial charge in [-0.05, 0) is 24.7 Å². The number of hydrogen-bond donors (Lipinski definition) is 2. The van der Waals surface area contributed by atoms with Crippen LogP contribution in [0.25, 0.3) is 0 Å². The first-order valence-corrected chi connectivity index (χ1v) is 7.68. The van der Waals surface area contributed by atoms with Gasteiger partial charge in [0.25, 0.3) is 0 Å². The number of rotatable bonds is 6. The Morgan fingerprint density at radius 2 is 2.10 bits per heavy atom. The average Bonchev–Trinajstić information content (AvgIpc) is 2.82. The lowest BCUT2D eigenvalue weighted by molar-refractivity contribution is 0.553. The minimum absolute atomic E-state index is 0.0590. The number of aryl methyl sites for hydroxylation is 1. The summed E-state index contributed by atoms with van der Waals surface area (Å²) in [5.41, 5.74) is 0.669. The molecule has 2 aromatic rings. The molecule has 0 spiro atoms. The molecule has 1 aromatic heterocycles. The first-order chi connectivity index (χ1) is 9.94. The van der Waals surface area contributed by atoms with Crippen molar-refractivity contribution in [1.29, 1.82) is 0 Å². The molecule has 0 aliphatic heterocycles. The van der Waals surface area contributed by atoms with Gasteiger partial charge in [0.1, 0.15) is 22.9 Å². The van der Waals surface area contributed by atoms with Gasteiger partial charge in [0.2, 0.25) is 10.0 Å². The van der Waals surface area contributed by atoms with Crippen molar-refractivity contribution in [2.24, 2.45) is 7.05 Å². The number of hydrogen-bond acceptors (Lipinski definition) is 5. The van der Waals surface area contributed by atoms with Gasteiger partial charge in [-0.25, -0.2) is 17.5 Å². The number of nitrogens with zero attached hydrogens (tertiary/aromatic N) is 3. The van der Waals surface area contributed by atoms with Crippen LogP contribution < -0.4 is 10.0 Å². The minimum Gasteiger partial charge on any atom is -0.320 e. The van der Waals surface area contributed by atoms with E-state index in [0.717, 1.165) is 0 Å². The maximum atomic E-state index is 13.9. The second kappa shape index (κ2) is 6.29. The van der Waals surface area contributed by atoms with E-state index in [1.54, 1.807) is 24.7 Å². The fourth-order valence-electron chi connectivity index (χ4n) is 1.78. The number of sulfonamides is 1. The molecule has 0 bridgehead atoms. The van der Waals surface area contributed by atoms with E-state index in [1.807, 2.05) is 0 Å². The van der Waals surface area contributed by atoms with Crippen LogP contribution in [0.2, 0.25) is 0 Å². The molecule has 21 heavy (non-hydrogen) atoms. The van der Waals surface area contributed by atoms with Crippen LogP contribution in [0.15, 0.2) is 29.4 Å². The van der Waals surface area contributed by atoms with Gasteiger partial charge in [-0.2, -0.15) is 0 Å². The second-order valence-corrected chi connectivity index (χ2v) is 6.21. The molecule has 7 nitrogen and oxygen atoms in total. The zero-order valence-corrected chi connectivity index (χ0v) is 12.5. The largest absolute Gasteiger partial charge is 0.320 e. The third-order valence-electron chi connectivity index (χ3n) is 2.89. The first kappa shape index (κ1) is 15.5. The first-order valence-electron chi connectivity index (χ1n) is 6.19. The molecule has 1 aromatic carbocycles. The predicted molar refractivity (Wildman–Crippen MR) is 74.2 cm³/mol. The Bertz CT molecular complexity index is 729. The normalized spacial score (nSPS) is 11.8. The summed E-state index contributed by atoms with van der Waals surface area (Å²) in [6.07, 6.45) is 1.46. The van der Waals surface area contributed by atoms with Crippen LogP contribution in [-0.4, -0.2) is 30.2 Å². The third kappa shape index (κ3) is 3.63. The number of halogens is 1. The molecule has 9 heteroatoms. The van der Waals surface area contributed by atoms with Gasteiger partial charge < -0.3 is 9.88 Å². The van der Waals surface area contributed by atoms with Gasteiger partial charge in [0.05, 0.1) is 6.54 Å². The van der Waals surface area contributed by atoms with Crippen LogP contribution in [-0.2, 0) is 30.2 Å². The van der Waals surface area contributed by atoms with Crippen molar-refractivity contribution < 1.29 is 12.8 Å². The molecule has 0 radical (unpaired) electrons. The smallest absolute Gasteiger partial charge is 0.243 e. The maximum Gasteiger partial charge on any atom is 0.243 e. The summed E-state index contributed by atoms with van der Waals surface area (Å²) < 4.78 is 42.0. The Morgan fingerprint density at radius 1 is 1.33 bits per heavy atom. The summed E-state index contributed by atoms with van der Waals surface area (Å²) in [7, 11) is -0.524. The lowest BCUT2D eigenvalue weighted by Crippen LogP contribution is -2.25. The molecule has 0 aliphatic rings. The quantitative estimate of drug-likeness (QED) is 0.792. The second-order valence-electron chi connectivity index (χ2n) is 4.48. The van der Waals surface area contributed by atoms with E-state index < -0.39 is 15.8 Å². The standard InChI is InChI=1S/C12H16FN5O2S/c1-14-6-9-3-4-11(10(13)5-9)21(19,20)16-7-12-17-15-8-18(12)2/h3-5,8,14,16H,6-7H2,1-2H3. The zero-order valence-electron chi connectivity index (χ0n) is 11.7. The topological polar surface area (TPSA) is 88.9 Å². The molecule has 0 fully saturated rings. The van der Waals surface area contributed by atoms with Crippen LogP contribution in [0.5, 0.6) is 0 Å². The number of nitrogens with one attached hydrogen (secondary N) is 2. The van der Waals surface area contributed by atoms with E-state index >= 15 is 0 Å². The van der Waals surface area contributed by atoms with Gasteiger partial charge >= 0.3 is 0 Å². The van der Waals surface area contributed by atoms with Gasteiger partial charge in [-0.3, -0.25) is 0 Å². The van der Waals surface area contributed by atoms with Crippen LogP contribution in [0.1, 0.15) is 11.4 Å². The molecule has 2 rings (SSSR count). The zero-order chi connectivity index (χ0) is 15.5. The Balaban J connectivity index is 2.17. The highest BCUT2D eigenvalue weighted by molar-refractivity contribution is 7.89. The summed E-state index contributed by atoms with van der Waals surface area (Å²) in [4.78, 5) is -0.385. The molecule has 0 unspecified atom stereocenters. The fourth-order valence-corrected chi connectivity index (χ4v) is 2.82. The molecule has 0 atom stereocenters. The SMILES string of the molecule is CNCc1ccc(S(=O)(=O)NCc2nncn2C)c(F)c1. The van der Waals surface area contributed by atoms with Crippen molar-refractivity contribution in [3.05, 3.63) is 41.7 Å². The predicted octanol–water partition coefficient (Wildman–Crippen LogP) is 0.152. The van der Waals surface area contributed by atoms with Crippen LogP contribution in [0.3, 0.4) is 0 Å². The van der Waals surface area contributed by atoms with Crippen LogP contribution in [0, 0.1) is 5.82 Å². The Hall–Kier alpha value is -1.84. The van der Waals surface area contributed by atoms with Gasteiger partial charge in [-0.1, -0.05) is 6.07 Å². The van der Waals surface area contributed by atoms with Gasteiger partial charge in [0, 0.05) is 13.6 Å². The highest BCUT2D eigenvalue weighted by Gasteiger charge is 2.19. The molecule has 0 saturated heterocycles. The van der Waals surface area contributed by atoms with E-state index in [0.29, 0.717) is 17.9 Å². The van der Waals surface area contributed by atoms with E-state index in [1.165, 1.54) is 18.5 Å². The maximum absolute atomic E-state index is 13.9. The summed E-state index contributed by atoms with van der Waals surface area (Å²) in [5, 5.41) is 10.3. The highest BCUT2D eigenvalue weighted by Crippen LogP contribution is 2.16. The molecule has 114 valence electrons. The number of benzene rings is 1. The van der Waals surface area contributed by atoms with Gasteiger partial charge in [-0.15, -0.1) is 10.2 Å². The van der Waals surface area contributed by atoms with Crippen molar-refractivity contribution in [2.75, 3.05) is 7.05 Å². The lowest BCUT2D eigenvalue weighted by Gasteiger charge is -2.08. The van der Waals surface area contributed by atoms with Crippen LogP contribution >= 0.6 is 0 Å². The Morgan fingerprint density at radius 3 is 2.67 bits per heavy atom. The summed E-state index contributed by atoms with van der Waals surface area (Å²) in [6.45, 7) is 0.403. The average molecular weight is 313 g/mol. The fraction of sp³-hybridized carbons (Fsp3) is 0.333. The van der Waals surface area contributed by atoms with E-state index in [-0.39, 0.29) is 11.4 Å². The minimum atomic E-state index is -3.94. The molecular weight excluding hydrogens is 297 g/mol. The third-order valence-corrected chi connectivity index (χ3v) is 4.33. The number of aromatic nitrogens is 3. The summed E-state index contributed by atoms with van der Waals surface area (Å²) in [5.74, 6) is -0.348. The molecule has 0 saturated carbocycles. The molecular formula is C12H16FN5O2S.